The van der Waals surface area contributed by atoms with E-state index < -0.39 is 4.92 Å². The molecule has 0 spiro atoms. The number of hydrogen-bond donors (Lipinski definition) is 2. The van der Waals surface area contributed by atoms with Crippen molar-refractivity contribution in [2.45, 2.75) is 6.42 Å². The Kier molecular flexibility index (Phi) is 4.40. The summed E-state index contributed by atoms with van der Waals surface area (Å²) < 4.78 is 5.36. The largest absolute Gasteiger partial charge is 0.472 e. The SMILES string of the molecule is NNc1ccc([N+](=O)[O-])c(OCCc2ccccn2)n1. The highest BCUT2D eigenvalue weighted by Gasteiger charge is 2.17. The predicted octanol–water partition coefficient (Wildman–Crippen LogP) is 1.29. The topological polar surface area (TPSA) is 116 Å². The van der Waals surface area contributed by atoms with E-state index in [1.54, 1.807) is 6.20 Å². The number of nitrogens with one attached hydrogen (secondary N) is 1. The van der Waals surface area contributed by atoms with Gasteiger partial charge in [0.1, 0.15) is 5.82 Å². The minimum Gasteiger partial charge on any atom is -0.472 e. The van der Waals surface area contributed by atoms with E-state index in [4.69, 9.17) is 10.6 Å². The molecular weight excluding hydrogens is 262 g/mol. The number of nitro groups is 1. The lowest BCUT2D eigenvalue weighted by Gasteiger charge is -2.07. The van der Waals surface area contributed by atoms with Crippen molar-refractivity contribution in [1.29, 1.82) is 0 Å². The number of hydrazine groups is 1. The van der Waals surface area contributed by atoms with Crippen molar-refractivity contribution in [1.82, 2.24) is 9.97 Å². The van der Waals surface area contributed by atoms with Gasteiger partial charge >= 0.3 is 5.69 Å². The normalized spacial score (nSPS) is 10.1. The summed E-state index contributed by atoms with van der Waals surface area (Å²) in [6, 6.07) is 8.22. The van der Waals surface area contributed by atoms with Crippen molar-refractivity contribution in [2.75, 3.05) is 12.0 Å². The fourth-order valence-corrected chi connectivity index (χ4v) is 1.56. The molecule has 0 atom stereocenters. The van der Waals surface area contributed by atoms with Gasteiger partial charge in [-0.05, 0) is 18.2 Å². The van der Waals surface area contributed by atoms with Gasteiger partial charge in [-0.1, -0.05) is 6.07 Å². The van der Waals surface area contributed by atoms with E-state index in [1.807, 2.05) is 18.2 Å². The number of pyridine rings is 2. The van der Waals surface area contributed by atoms with Crippen molar-refractivity contribution < 1.29 is 9.66 Å². The number of hydrogen-bond acceptors (Lipinski definition) is 7. The molecule has 0 amide bonds. The second kappa shape index (κ2) is 6.43. The first kappa shape index (κ1) is 13.7. The molecule has 0 unspecified atom stereocenters. The summed E-state index contributed by atoms with van der Waals surface area (Å²) in [4.78, 5) is 18.4. The third-order valence-corrected chi connectivity index (χ3v) is 2.51. The Bertz CT molecular complexity index is 591. The molecule has 3 N–H and O–H groups in total. The lowest BCUT2D eigenvalue weighted by molar-refractivity contribution is -0.386. The Morgan fingerprint density at radius 1 is 1.35 bits per heavy atom. The van der Waals surface area contributed by atoms with Crippen LogP contribution in [0.3, 0.4) is 0 Å². The summed E-state index contributed by atoms with van der Waals surface area (Å²) in [6.07, 6.45) is 2.20. The number of anilines is 1. The average Bonchev–Trinajstić information content (AvgIpc) is 2.48. The first-order valence-corrected chi connectivity index (χ1v) is 5.85. The van der Waals surface area contributed by atoms with Gasteiger partial charge in [-0.3, -0.25) is 15.1 Å². The standard InChI is InChI=1S/C12H13N5O3/c13-16-11-5-4-10(17(18)19)12(15-11)20-8-6-9-3-1-2-7-14-9/h1-5,7H,6,8,13H2,(H,15,16). The second-order valence-corrected chi connectivity index (χ2v) is 3.84. The molecule has 0 radical (unpaired) electrons. The van der Waals surface area contributed by atoms with Crippen LogP contribution in [0.15, 0.2) is 36.5 Å². The third-order valence-electron chi connectivity index (χ3n) is 2.51. The van der Waals surface area contributed by atoms with Gasteiger partial charge in [0, 0.05) is 24.4 Å². The van der Waals surface area contributed by atoms with E-state index in [0.717, 1.165) is 5.69 Å². The minimum atomic E-state index is -0.552. The zero-order valence-corrected chi connectivity index (χ0v) is 10.5. The number of nitrogens with zero attached hydrogens (tertiary/aromatic N) is 3. The van der Waals surface area contributed by atoms with Gasteiger partial charge in [0.15, 0.2) is 0 Å². The maximum Gasteiger partial charge on any atom is 0.331 e. The Morgan fingerprint density at radius 2 is 2.20 bits per heavy atom. The fourth-order valence-electron chi connectivity index (χ4n) is 1.56. The van der Waals surface area contributed by atoms with Crippen molar-refractivity contribution in [3.8, 4) is 5.88 Å². The Morgan fingerprint density at radius 3 is 2.85 bits per heavy atom. The first-order chi connectivity index (χ1) is 9.70. The zero-order chi connectivity index (χ0) is 14.4. The number of nitrogen functional groups attached to an aromatic ring is 1. The Labute approximate surface area is 114 Å². The number of aromatic nitrogens is 2. The molecule has 0 bridgehead atoms. The number of nitrogens with two attached hydrogens (primary N) is 1. The van der Waals surface area contributed by atoms with Crippen LogP contribution in [0, 0.1) is 10.1 Å². The quantitative estimate of drug-likeness (QED) is 0.463. The van der Waals surface area contributed by atoms with E-state index in [-0.39, 0.29) is 18.2 Å². The summed E-state index contributed by atoms with van der Waals surface area (Å²) in [6.45, 7) is 0.235. The van der Waals surface area contributed by atoms with Crippen molar-refractivity contribution in [3.05, 3.63) is 52.3 Å². The van der Waals surface area contributed by atoms with Crippen LogP contribution in [0.2, 0.25) is 0 Å². The van der Waals surface area contributed by atoms with E-state index in [2.05, 4.69) is 15.4 Å². The van der Waals surface area contributed by atoms with Crippen LogP contribution in [0.1, 0.15) is 5.69 Å². The maximum absolute atomic E-state index is 10.9. The predicted molar refractivity (Wildman–Crippen MR) is 72.1 cm³/mol. The van der Waals surface area contributed by atoms with Gasteiger partial charge in [-0.2, -0.15) is 4.98 Å². The fraction of sp³-hybridized carbons (Fsp3) is 0.167. The first-order valence-electron chi connectivity index (χ1n) is 5.85. The number of rotatable bonds is 6. The molecule has 20 heavy (non-hydrogen) atoms. The van der Waals surface area contributed by atoms with E-state index in [0.29, 0.717) is 12.2 Å². The summed E-state index contributed by atoms with van der Waals surface area (Å²) in [5, 5.41) is 10.9. The van der Waals surface area contributed by atoms with Gasteiger partial charge in [-0.15, -0.1) is 0 Å². The van der Waals surface area contributed by atoms with Crippen molar-refractivity contribution in [2.24, 2.45) is 5.84 Å². The smallest absolute Gasteiger partial charge is 0.331 e. The van der Waals surface area contributed by atoms with Gasteiger partial charge in [0.05, 0.1) is 11.5 Å². The Hall–Kier alpha value is -2.74. The second-order valence-electron chi connectivity index (χ2n) is 3.84. The molecule has 104 valence electrons. The van der Waals surface area contributed by atoms with E-state index in [9.17, 15) is 10.1 Å². The molecule has 2 aromatic heterocycles. The molecule has 0 saturated carbocycles. The average molecular weight is 275 g/mol. The summed E-state index contributed by atoms with van der Waals surface area (Å²) >= 11 is 0. The molecule has 0 saturated heterocycles. The van der Waals surface area contributed by atoms with Gasteiger partial charge in [-0.25, -0.2) is 5.84 Å². The maximum atomic E-state index is 10.9. The lowest BCUT2D eigenvalue weighted by Crippen LogP contribution is -2.11. The van der Waals surface area contributed by atoms with Crippen molar-refractivity contribution in [3.63, 3.8) is 0 Å². The molecule has 2 rings (SSSR count). The van der Waals surface area contributed by atoms with Crippen LogP contribution in [-0.2, 0) is 6.42 Å². The molecule has 0 aliphatic carbocycles. The lowest BCUT2D eigenvalue weighted by atomic mass is 10.3. The van der Waals surface area contributed by atoms with Crippen LogP contribution in [0.25, 0.3) is 0 Å². The van der Waals surface area contributed by atoms with Crippen LogP contribution in [0.4, 0.5) is 11.5 Å². The van der Waals surface area contributed by atoms with Crippen LogP contribution >= 0.6 is 0 Å². The number of ether oxygens (including phenoxy) is 1. The zero-order valence-electron chi connectivity index (χ0n) is 10.5. The van der Waals surface area contributed by atoms with Crippen LogP contribution < -0.4 is 16.0 Å². The highest BCUT2D eigenvalue weighted by molar-refractivity contribution is 5.48. The summed E-state index contributed by atoms with van der Waals surface area (Å²) in [7, 11) is 0. The molecule has 8 heteroatoms. The Balaban J connectivity index is 2.06. The van der Waals surface area contributed by atoms with Crippen LogP contribution in [0.5, 0.6) is 5.88 Å². The highest BCUT2D eigenvalue weighted by atomic mass is 16.6. The van der Waals surface area contributed by atoms with E-state index in [1.165, 1.54) is 12.1 Å². The minimum absolute atomic E-state index is 0.0682. The van der Waals surface area contributed by atoms with Gasteiger partial charge in [0.25, 0.3) is 5.88 Å². The third kappa shape index (κ3) is 3.39. The highest BCUT2D eigenvalue weighted by Crippen LogP contribution is 2.25. The van der Waals surface area contributed by atoms with Gasteiger partial charge < -0.3 is 10.2 Å². The molecular formula is C12H13N5O3. The molecule has 2 aromatic rings. The molecule has 8 nitrogen and oxygen atoms in total. The molecule has 0 aromatic carbocycles. The monoisotopic (exact) mass is 275 g/mol. The molecule has 0 aliphatic rings. The van der Waals surface area contributed by atoms with E-state index >= 15 is 0 Å². The summed E-state index contributed by atoms with van der Waals surface area (Å²) in [5.74, 6) is 5.44. The molecule has 0 fully saturated rings. The molecule has 0 aliphatic heterocycles. The van der Waals surface area contributed by atoms with Crippen LogP contribution in [-0.4, -0.2) is 21.5 Å². The van der Waals surface area contributed by atoms with Crippen molar-refractivity contribution >= 4 is 11.5 Å². The molecule has 2 heterocycles. The van der Waals surface area contributed by atoms with Gasteiger partial charge in [0.2, 0.25) is 0 Å². The summed E-state index contributed by atoms with van der Waals surface area (Å²) in [5.41, 5.74) is 2.95.